The molecular weight excluding hydrogens is 334 g/mol. The van der Waals surface area contributed by atoms with Gasteiger partial charge in [-0.05, 0) is 0 Å². The van der Waals surface area contributed by atoms with Crippen LogP contribution < -0.4 is 5.73 Å². The number of nitro groups is 1. The summed E-state index contributed by atoms with van der Waals surface area (Å²) in [7, 11) is 0. The van der Waals surface area contributed by atoms with Gasteiger partial charge in [-0.1, -0.05) is 11.6 Å². The molecule has 0 saturated heterocycles. The number of non-ortho nitro benzene ring substituents is 1. The number of nitrogens with two attached hydrogens (primary N) is 1. The highest BCUT2D eigenvalue weighted by molar-refractivity contribution is 6.33. The average molecular weight is 341 g/mol. The monoisotopic (exact) mass is 340 g/mol. The number of nitrogens with zero attached hydrogens (tertiary/aromatic N) is 5. The minimum atomic E-state index is -1.05. The fourth-order valence-corrected chi connectivity index (χ4v) is 2.28. The van der Waals surface area contributed by atoms with Gasteiger partial charge in [0.05, 0.1) is 29.9 Å². The summed E-state index contributed by atoms with van der Waals surface area (Å²) < 4.78 is 29.2. The van der Waals surface area contributed by atoms with Crippen molar-refractivity contribution >= 4 is 34.4 Å². The molecule has 0 amide bonds. The molecule has 118 valence electrons. The second-order valence-corrected chi connectivity index (χ2v) is 4.92. The molecule has 0 aliphatic rings. The molecule has 3 aromatic rings. The van der Waals surface area contributed by atoms with Crippen LogP contribution in [0.25, 0.3) is 11.2 Å². The third-order valence-corrected chi connectivity index (χ3v) is 3.37. The molecular formula is C12H7ClF2N6O2. The molecule has 23 heavy (non-hydrogen) atoms. The van der Waals surface area contributed by atoms with Crippen molar-refractivity contribution in [3.63, 3.8) is 0 Å². The van der Waals surface area contributed by atoms with Crippen molar-refractivity contribution in [3.05, 3.63) is 50.9 Å². The third-order valence-electron chi connectivity index (χ3n) is 3.10. The van der Waals surface area contributed by atoms with Crippen LogP contribution in [0.4, 0.5) is 20.4 Å². The van der Waals surface area contributed by atoms with Gasteiger partial charge in [-0.3, -0.25) is 10.1 Å². The van der Waals surface area contributed by atoms with Crippen LogP contribution in [0.15, 0.2) is 18.5 Å². The average Bonchev–Trinajstić information content (AvgIpc) is 2.85. The Bertz CT molecular complexity index is 922. The van der Waals surface area contributed by atoms with Gasteiger partial charge in [0.1, 0.15) is 17.2 Å². The maximum Gasteiger partial charge on any atom is 0.275 e. The van der Waals surface area contributed by atoms with E-state index in [1.165, 1.54) is 10.9 Å². The van der Waals surface area contributed by atoms with Crippen molar-refractivity contribution in [3.8, 4) is 0 Å². The molecule has 0 aliphatic carbocycles. The minimum absolute atomic E-state index is 0.0101. The highest BCUT2D eigenvalue weighted by Gasteiger charge is 2.19. The summed E-state index contributed by atoms with van der Waals surface area (Å²) in [6.07, 6.45) is 1.27. The SMILES string of the molecule is Nc1nc(Cl)c2ncn(Cc3c(F)cc([N+](=O)[O-])cc3F)c2n1. The van der Waals surface area contributed by atoms with Crippen LogP contribution in [0, 0.1) is 21.7 Å². The van der Waals surface area contributed by atoms with Crippen LogP contribution in [-0.2, 0) is 6.54 Å². The fourth-order valence-electron chi connectivity index (χ4n) is 2.06. The predicted octanol–water partition coefficient (Wildman–Crippen LogP) is 2.30. The van der Waals surface area contributed by atoms with Crippen molar-refractivity contribution in [2.45, 2.75) is 6.54 Å². The zero-order chi connectivity index (χ0) is 16.7. The molecule has 11 heteroatoms. The molecule has 3 rings (SSSR count). The Morgan fingerprint density at radius 2 is 1.96 bits per heavy atom. The van der Waals surface area contributed by atoms with Crippen LogP contribution in [-0.4, -0.2) is 24.4 Å². The second kappa shape index (κ2) is 5.39. The third kappa shape index (κ3) is 2.63. The molecule has 0 fully saturated rings. The van der Waals surface area contributed by atoms with E-state index in [9.17, 15) is 18.9 Å². The van der Waals surface area contributed by atoms with Crippen LogP contribution >= 0.6 is 11.6 Å². The second-order valence-electron chi connectivity index (χ2n) is 4.56. The van der Waals surface area contributed by atoms with Crippen molar-refractivity contribution in [1.29, 1.82) is 0 Å². The minimum Gasteiger partial charge on any atom is -0.368 e. The first-order chi connectivity index (χ1) is 10.9. The highest BCUT2D eigenvalue weighted by Crippen LogP contribution is 2.24. The summed E-state index contributed by atoms with van der Waals surface area (Å²) in [6, 6.07) is 1.29. The van der Waals surface area contributed by atoms with Crippen LogP contribution in [0.2, 0.25) is 5.15 Å². The number of rotatable bonds is 3. The molecule has 8 nitrogen and oxygen atoms in total. The summed E-state index contributed by atoms with van der Waals surface area (Å²) in [6.45, 7) is -0.293. The number of hydrogen-bond acceptors (Lipinski definition) is 6. The van der Waals surface area contributed by atoms with Gasteiger partial charge >= 0.3 is 0 Å². The lowest BCUT2D eigenvalue weighted by Crippen LogP contribution is -2.06. The molecule has 0 unspecified atom stereocenters. The van der Waals surface area contributed by atoms with E-state index in [0.717, 1.165) is 0 Å². The summed E-state index contributed by atoms with van der Waals surface area (Å²) in [5, 5.41) is 10.6. The number of anilines is 1. The van der Waals surface area contributed by atoms with Crippen molar-refractivity contribution in [1.82, 2.24) is 19.5 Å². The number of hydrogen-bond donors (Lipinski definition) is 1. The largest absolute Gasteiger partial charge is 0.368 e. The normalized spacial score (nSPS) is 11.1. The highest BCUT2D eigenvalue weighted by atomic mass is 35.5. The summed E-state index contributed by atoms with van der Waals surface area (Å²) in [5.74, 6) is -2.22. The molecule has 0 radical (unpaired) electrons. The Hall–Kier alpha value is -2.88. The first-order valence-corrected chi connectivity index (χ1v) is 6.50. The molecule has 0 atom stereocenters. The number of fused-ring (bicyclic) bond motifs is 1. The van der Waals surface area contributed by atoms with E-state index in [-0.39, 0.29) is 34.4 Å². The van der Waals surface area contributed by atoms with Crippen molar-refractivity contribution in [2.75, 3.05) is 5.73 Å². The molecule has 0 saturated carbocycles. The lowest BCUT2D eigenvalue weighted by Gasteiger charge is -2.07. The van der Waals surface area contributed by atoms with Crippen molar-refractivity contribution < 1.29 is 13.7 Å². The molecule has 2 heterocycles. The quantitative estimate of drug-likeness (QED) is 0.444. The van der Waals surface area contributed by atoms with E-state index in [1.54, 1.807) is 0 Å². The molecule has 2 aromatic heterocycles. The number of halogens is 3. The van der Waals surface area contributed by atoms with Crippen LogP contribution in [0.3, 0.4) is 0 Å². The maximum atomic E-state index is 14.0. The number of aromatic nitrogens is 4. The Morgan fingerprint density at radius 3 is 2.57 bits per heavy atom. The van der Waals surface area contributed by atoms with Crippen molar-refractivity contribution in [2.24, 2.45) is 0 Å². The van der Waals surface area contributed by atoms with Gasteiger partial charge in [0.15, 0.2) is 10.8 Å². The summed E-state index contributed by atoms with van der Waals surface area (Å²) in [5.41, 5.74) is 4.86. The van der Waals surface area contributed by atoms with Gasteiger partial charge < -0.3 is 10.3 Å². The Balaban J connectivity index is 2.08. The lowest BCUT2D eigenvalue weighted by atomic mass is 10.1. The zero-order valence-electron chi connectivity index (χ0n) is 11.2. The Morgan fingerprint density at radius 1 is 1.30 bits per heavy atom. The van der Waals surface area contributed by atoms with Gasteiger partial charge in [-0.25, -0.2) is 13.8 Å². The fraction of sp³-hybridized carbons (Fsp3) is 0.0833. The van der Waals surface area contributed by atoms with Gasteiger partial charge in [0.25, 0.3) is 5.69 Å². The molecule has 0 bridgehead atoms. The van der Waals surface area contributed by atoms with E-state index in [1.807, 2.05) is 0 Å². The Kier molecular flexibility index (Phi) is 3.52. The molecule has 0 spiro atoms. The number of benzene rings is 1. The zero-order valence-corrected chi connectivity index (χ0v) is 12.0. The maximum absolute atomic E-state index is 14.0. The van der Waals surface area contributed by atoms with E-state index >= 15 is 0 Å². The molecule has 0 aliphatic heterocycles. The topological polar surface area (TPSA) is 113 Å². The number of nitro benzene ring substituents is 1. The molecule has 2 N–H and O–H groups in total. The van der Waals surface area contributed by atoms with Gasteiger partial charge in [0, 0.05) is 5.56 Å². The van der Waals surface area contributed by atoms with Gasteiger partial charge in [0.2, 0.25) is 5.95 Å². The lowest BCUT2D eigenvalue weighted by molar-refractivity contribution is -0.385. The van der Waals surface area contributed by atoms with E-state index in [2.05, 4.69) is 15.0 Å². The van der Waals surface area contributed by atoms with Crippen LogP contribution in [0.1, 0.15) is 5.56 Å². The Labute approximate surface area is 131 Å². The van der Waals surface area contributed by atoms with Crippen LogP contribution in [0.5, 0.6) is 0 Å². The van der Waals surface area contributed by atoms with E-state index in [4.69, 9.17) is 17.3 Å². The summed E-state index contributed by atoms with van der Waals surface area (Å²) in [4.78, 5) is 21.3. The van der Waals surface area contributed by atoms with E-state index in [0.29, 0.717) is 12.1 Å². The van der Waals surface area contributed by atoms with Gasteiger partial charge in [-0.15, -0.1) is 0 Å². The first-order valence-electron chi connectivity index (χ1n) is 6.13. The first kappa shape index (κ1) is 15.0. The van der Waals surface area contributed by atoms with Gasteiger partial charge in [-0.2, -0.15) is 9.97 Å². The van der Waals surface area contributed by atoms with E-state index < -0.39 is 22.2 Å². The number of imidazole rings is 1. The standard InChI is InChI=1S/C12H7ClF2N6O2/c13-10-9-11(19-12(16)18-10)20(4-17-9)3-6-7(14)1-5(21(22)23)2-8(6)15/h1-2,4H,3H2,(H2,16,18,19). The summed E-state index contributed by atoms with van der Waals surface area (Å²) >= 11 is 5.87. The molecule has 1 aromatic carbocycles. The smallest absolute Gasteiger partial charge is 0.275 e. The predicted molar refractivity (Wildman–Crippen MR) is 76.9 cm³/mol. The number of nitrogen functional groups attached to an aromatic ring is 1.